The summed E-state index contributed by atoms with van der Waals surface area (Å²) >= 11 is 0. The van der Waals surface area contributed by atoms with Gasteiger partial charge < -0.3 is 16.2 Å². The number of hydrogen-bond donors (Lipinski definition) is 2. The summed E-state index contributed by atoms with van der Waals surface area (Å²) < 4.78 is 30.2. The summed E-state index contributed by atoms with van der Waals surface area (Å²) in [5.41, 5.74) is 10.0. The number of carbonyl (C=O) groups excluding carboxylic acids is 1. The van der Waals surface area contributed by atoms with Crippen molar-refractivity contribution in [1.82, 2.24) is 0 Å². The summed E-state index contributed by atoms with van der Waals surface area (Å²) in [5.74, 6) is -0.395. The molecule has 1 aliphatic rings. The predicted molar refractivity (Wildman–Crippen MR) is 75.3 cm³/mol. The highest BCUT2D eigenvalue weighted by Crippen LogP contribution is 2.27. The Morgan fingerprint density at radius 1 is 1.35 bits per heavy atom. The standard InChI is InChI=1S/C9H13F2N.C5H11NO2/c10-8-3-4-9(11)7(6-8)2-1-5-12;1-5(2,3)8-4(6)7/h6H,1-5,12H2;1-3H3,(H2,6,7). The second kappa shape index (κ2) is 8.68. The molecule has 0 radical (unpaired) electrons. The molecule has 0 heterocycles. The Morgan fingerprint density at radius 3 is 2.35 bits per heavy atom. The number of rotatable bonds is 3. The van der Waals surface area contributed by atoms with E-state index < -0.39 is 11.7 Å². The number of allylic oxidation sites excluding steroid dienone is 4. The van der Waals surface area contributed by atoms with Gasteiger partial charge in [0.2, 0.25) is 0 Å². The van der Waals surface area contributed by atoms with Crippen molar-refractivity contribution in [2.45, 2.75) is 52.1 Å². The SMILES string of the molecule is CC(C)(C)OC(N)=O.NCCCC1=C(F)CCC(F)=C1. The van der Waals surface area contributed by atoms with Gasteiger partial charge in [0.1, 0.15) is 17.3 Å². The topological polar surface area (TPSA) is 78.3 Å². The van der Waals surface area contributed by atoms with Crippen LogP contribution in [0.5, 0.6) is 0 Å². The maximum Gasteiger partial charge on any atom is 0.405 e. The van der Waals surface area contributed by atoms with Gasteiger partial charge in [0.05, 0.1) is 0 Å². The van der Waals surface area contributed by atoms with Crippen molar-refractivity contribution in [3.8, 4) is 0 Å². The largest absolute Gasteiger partial charge is 0.444 e. The first-order valence-electron chi connectivity index (χ1n) is 6.58. The van der Waals surface area contributed by atoms with E-state index in [9.17, 15) is 13.6 Å². The van der Waals surface area contributed by atoms with Gasteiger partial charge >= 0.3 is 6.09 Å². The Bertz CT molecular complexity index is 385. The highest BCUT2D eigenvalue weighted by Gasteiger charge is 2.13. The van der Waals surface area contributed by atoms with E-state index in [0.29, 0.717) is 25.0 Å². The zero-order valence-corrected chi connectivity index (χ0v) is 12.3. The molecule has 0 aromatic heterocycles. The Morgan fingerprint density at radius 2 is 1.95 bits per heavy atom. The van der Waals surface area contributed by atoms with Gasteiger partial charge in [-0.3, -0.25) is 0 Å². The van der Waals surface area contributed by atoms with Gasteiger partial charge in [0.25, 0.3) is 0 Å². The van der Waals surface area contributed by atoms with Crippen LogP contribution in [0.25, 0.3) is 0 Å². The number of carbonyl (C=O) groups is 1. The molecular weight excluding hydrogens is 266 g/mol. The zero-order valence-electron chi connectivity index (χ0n) is 12.3. The second-order valence-electron chi connectivity index (χ2n) is 5.45. The maximum atomic E-state index is 13.0. The third-order valence-electron chi connectivity index (χ3n) is 2.32. The molecule has 4 N–H and O–H groups in total. The summed E-state index contributed by atoms with van der Waals surface area (Å²) in [6.45, 7) is 5.81. The van der Waals surface area contributed by atoms with Crippen LogP contribution in [0.4, 0.5) is 13.6 Å². The van der Waals surface area contributed by atoms with Crippen LogP contribution in [0.3, 0.4) is 0 Å². The summed E-state index contributed by atoms with van der Waals surface area (Å²) in [6.07, 6.45) is 2.26. The molecule has 1 rings (SSSR count). The van der Waals surface area contributed by atoms with Crippen LogP contribution in [0.2, 0.25) is 0 Å². The molecule has 1 aliphatic carbocycles. The molecule has 0 saturated heterocycles. The average Bonchev–Trinajstić information content (AvgIpc) is 2.28. The van der Waals surface area contributed by atoms with E-state index in [1.807, 2.05) is 0 Å². The molecule has 20 heavy (non-hydrogen) atoms. The van der Waals surface area contributed by atoms with Gasteiger partial charge in [-0.25, -0.2) is 13.6 Å². The lowest BCUT2D eigenvalue weighted by atomic mass is 10.0. The first-order valence-corrected chi connectivity index (χ1v) is 6.58. The molecule has 0 aromatic carbocycles. The number of ether oxygens (including phenoxy) is 1. The molecule has 4 nitrogen and oxygen atoms in total. The third kappa shape index (κ3) is 9.49. The fraction of sp³-hybridized carbons (Fsp3) is 0.643. The Labute approximate surface area is 118 Å². The molecule has 0 aliphatic heterocycles. The van der Waals surface area contributed by atoms with Crippen LogP contribution in [-0.4, -0.2) is 18.2 Å². The van der Waals surface area contributed by atoms with E-state index >= 15 is 0 Å². The van der Waals surface area contributed by atoms with Gasteiger partial charge in [0, 0.05) is 12.8 Å². The van der Waals surface area contributed by atoms with E-state index in [2.05, 4.69) is 4.74 Å². The quantitative estimate of drug-likeness (QED) is 0.835. The first-order chi connectivity index (χ1) is 9.15. The summed E-state index contributed by atoms with van der Waals surface area (Å²) in [4.78, 5) is 10.0. The highest BCUT2D eigenvalue weighted by atomic mass is 19.1. The number of amides is 1. The third-order valence-corrected chi connectivity index (χ3v) is 2.32. The predicted octanol–water partition coefficient (Wildman–Crippen LogP) is 3.48. The lowest BCUT2D eigenvalue weighted by Gasteiger charge is -2.16. The first kappa shape index (κ1) is 18.6. The zero-order chi connectivity index (χ0) is 15.8. The fourth-order valence-corrected chi connectivity index (χ4v) is 1.53. The minimum atomic E-state index is -0.725. The van der Waals surface area contributed by atoms with Crippen molar-refractivity contribution in [3.05, 3.63) is 23.3 Å². The average molecular weight is 290 g/mol. The van der Waals surface area contributed by atoms with Crippen LogP contribution in [-0.2, 0) is 4.74 Å². The second-order valence-corrected chi connectivity index (χ2v) is 5.45. The van der Waals surface area contributed by atoms with Crippen LogP contribution in [0.1, 0.15) is 46.5 Å². The molecule has 0 unspecified atom stereocenters. The number of nitrogens with two attached hydrogens (primary N) is 2. The molecule has 0 spiro atoms. The number of halogens is 2. The van der Waals surface area contributed by atoms with Crippen LogP contribution >= 0.6 is 0 Å². The number of hydrogen-bond acceptors (Lipinski definition) is 3. The van der Waals surface area contributed by atoms with E-state index in [1.165, 1.54) is 6.08 Å². The van der Waals surface area contributed by atoms with Gasteiger partial charge in [-0.05, 0) is 51.8 Å². The normalized spacial score (nSPS) is 15.2. The van der Waals surface area contributed by atoms with Crippen LogP contribution in [0.15, 0.2) is 23.3 Å². The van der Waals surface area contributed by atoms with Gasteiger partial charge in [-0.15, -0.1) is 0 Å². The van der Waals surface area contributed by atoms with Gasteiger partial charge in [-0.1, -0.05) is 0 Å². The molecule has 116 valence electrons. The smallest absolute Gasteiger partial charge is 0.405 e. The van der Waals surface area contributed by atoms with E-state index in [0.717, 1.165) is 0 Å². The van der Waals surface area contributed by atoms with Crippen molar-refractivity contribution in [2.75, 3.05) is 6.54 Å². The summed E-state index contributed by atoms with van der Waals surface area (Å²) in [7, 11) is 0. The highest BCUT2D eigenvalue weighted by molar-refractivity contribution is 5.65. The Kier molecular flexibility index (Phi) is 8.06. The van der Waals surface area contributed by atoms with Crippen LogP contribution in [0, 0.1) is 0 Å². The minimum Gasteiger partial charge on any atom is -0.444 e. The lowest BCUT2D eigenvalue weighted by molar-refractivity contribution is 0.0600. The van der Waals surface area contributed by atoms with Crippen molar-refractivity contribution in [1.29, 1.82) is 0 Å². The minimum absolute atomic E-state index is 0.176. The summed E-state index contributed by atoms with van der Waals surface area (Å²) in [5, 5.41) is 0. The molecule has 0 atom stereocenters. The molecule has 0 saturated carbocycles. The molecule has 0 fully saturated rings. The fourth-order valence-electron chi connectivity index (χ4n) is 1.53. The van der Waals surface area contributed by atoms with Crippen molar-refractivity contribution < 1.29 is 18.3 Å². The number of primary amides is 1. The molecule has 1 amide bonds. The van der Waals surface area contributed by atoms with Crippen LogP contribution < -0.4 is 11.5 Å². The molecular formula is C14H24F2N2O2. The lowest BCUT2D eigenvalue weighted by Crippen LogP contribution is -2.27. The molecule has 0 bridgehead atoms. The molecule has 0 aromatic rings. The van der Waals surface area contributed by atoms with Crippen molar-refractivity contribution in [2.24, 2.45) is 11.5 Å². The van der Waals surface area contributed by atoms with E-state index in [-0.39, 0.29) is 24.5 Å². The van der Waals surface area contributed by atoms with Crippen molar-refractivity contribution >= 4 is 6.09 Å². The van der Waals surface area contributed by atoms with Crippen molar-refractivity contribution in [3.63, 3.8) is 0 Å². The summed E-state index contributed by atoms with van der Waals surface area (Å²) in [6, 6.07) is 0. The monoisotopic (exact) mass is 290 g/mol. The Balaban J connectivity index is 0.000000396. The van der Waals surface area contributed by atoms with E-state index in [1.54, 1.807) is 20.8 Å². The van der Waals surface area contributed by atoms with Gasteiger partial charge in [-0.2, -0.15) is 0 Å². The van der Waals surface area contributed by atoms with E-state index in [4.69, 9.17) is 11.5 Å². The maximum absolute atomic E-state index is 13.0. The Hall–Kier alpha value is -1.43. The van der Waals surface area contributed by atoms with Gasteiger partial charge in [0.15, 0.2) is 0 Å². The molecule has 6 heteroatoms.